The Morgan fingerprint density at radius 1 is 1.00 bits per heavy atom. The molecule has 2 aromatic rings. The molecule has 3 rings (SSSR count). The molecule has 0 heterocycles. The molecule has 4 heteroatoms. The van der Waals surface area contributed by atoms with E-state index >= 15 is 0 Å². The summed E-state index contributed by atoms with van der Waals surface area (Å²) in [6.45, 7) is 0. The van der Waals surface area contributed by atoms with E-state index in [4.69, 9.17) is 16.3 Å². The third kappa shape index (κ3) is 5.00. The molecule has 1 saturated carbocycles. The summed E-state index contributed by atoms with van der Waals surface area (Å²) >= 11 is 5.85. The minimum absolute atomic E-state index is 0.0738. The Labute approximate surface area is 148 Å². The Morgan fingerprint density at radius 3 is 2.33 bits per heavy atom. The van der Waals surface area contributed by atoms with Gasteiger partial charge in [-0.2, -0.15) is 0 Å². The van der Waals surface area contributed by atoms with E-state index in [2.05, 4.69) is 5.32 Å². The Morgan fingerprint density at radius 2 is 1.67 bits per heavy atom. The molecule has 0 aromatic heterocycles. The number of carbonyl (C=O) groups is 1. The van der Waals surface area contributed by atoms with Crippen molar-refractivity contribution in [1.82, 2.24) is 0 Å². The van der Waals surface area contributed by atoms with E-state index in [0.29, 0.717) is 17.4 Å². The number of ether oxygens (including phenoxy) is 1. The monoisotopic (exact) mass is 343 g/mol. The molecule has 2 aromatic carbocycles. The first kappa shape index (κ1) is 16.8. The van der Waals surface area contributed by atoms with Gasteiger partial charge in [0.2, 0.25) is 5.91 Å². The largest absolute Gasteiger partial charge is 0.490 e. The molecule has 24 heavy (non-hydrogen) atoms. The van der Waals surface area contributed by atoms with Crippen LogP contribution < -0.4 is 10.1 Å². The van der Waals surface area contributed by atoms with Gasteiger partial charge >= 0.3 is 0 Å². The van der Waals surface area contributed by atoms with Crippen LogP contribution in [0.1, 0.15) is 32.1 Å². The number of hydrogen-bond acceptors (Lipinski definition) is 2. The van der Waals surface area contributed by atoms with E-state index in [1.54, 1.807) is 12.1 Å². The van der Waals surface area contributed by atoms with Gasteiger partial charge in [0.05, 0.1) is 6.10 Å². The standard InChI is InChI=1S/C20H22ClNO2/c21-16-8-10-17(11-9-16)22-20(23)14-15-6-12-19(13-7-15)24-18-4-2-1-3-5-18/h1-5,8-11,15,19H,6-7,12-14H2,(H,22,23)/t15-,19-. The quantitative estimate of drug-likeness (QED) is 0.799. The predicted molar refractivity (Wildman–Crippen MR) is 97.5 cm³/mol. The number of amides is 1. The number of nitrogens with one attached hydrogen (secondary N) is 1. The van der Waals surface area contributed by atoms with E-state index in [-0.39, 0.29) is 12.0 Å². The second-order valence-electron chi connectivity index (χ2n) is 6.33. The van der Waals surface area contributed by atoms with Gasteiger partial charge in [-0.1, -0.05) is 29.8 Å². The van der Waals surface area contributed by atoms with Gasteiger partial charge in [0, 0.05) is 17.1 Å². The molecule has 0 radical (unpaired) electrons. The fourth-order valence-corrected chi connectivity index (χ4v) is 3.28. The van der Waals surface area contributed by atoms with Gasteiger partial charge < -0.3 is 10.1 Å². The number of anilines is 1. The number of carbonyl (C=O) groups excluding carboxylic acids is 1. The molecule has 1 fully saturated rings. The highest BCUT2D eigenvalue weighted by atomic mass is 35.5. The second kappa shape index (κ2) is 8.20. The first-order chi connectivity index (χ1) is 11.7. The maximum Gasteiger partial charge on any atom is 0.224 e. The highest BCUT2D eigenvalue weighted by Gasteiger charge is 2.24. The summed E-state index contributed by atoms with van der Waals surface area (Å²) in [5.74, 6) is 1.44. The van der Waals surface area contributed by atoms with Crippen molar-refractivity contribution in [2.24, 2.45) is 5.92 Å². The molecule has 0 unspecified atom stereocenters. The van der Waals surface area contributed by atoms with Crippen LogP contribution in [0.3, 0.4) is 0 Å². The van der Waals surface area contributed by atoms with E-state index in [1.165, 1.54) is 0 Å². The van der Waals surface area contributed by atoms with Crippen LogP contribution >= 0.6 is 11.6 Å². The summed E-state index contributed by atoms with van der Waals surface area (Å²) in [5, 5.41) is 3.61. The molecule has 0 spiro atoms. The van der Waals surface area contributed by atoms with Crippen molar-refractivity contribution in [3.8, 4) is 5.75 Å². The van der Waals surface area contributed by atoms with Crippen molar-refractivity contribution in [2.45, 2.75) is 38.2 Å². The van der Waals surface area contributed by atoms with Crippen LogP contribution in [0.5, 0.6) is 5.75 Å². The number of rotatable bonds is 5. The zero-order chi connectivity index (χ0) is 16.8. The van der Waals surface area contributed by atoms with Crippen LogP contribution in [0, 0.1) is 5.92 Å². The van der Waals surface area contributed by atoms with E-state index in [9.17, 15) is 4.79 Å². The molecule has 126 valence electrons. The Balaban J connectivity index is 1.41. The highest BCUT2D eigenvalue weighted by molar-refractivity contribution is 6.30. The van der Waals surface area contributed by atoms with Gasteiger partial charge in [0.15, 0.2) is 0 Å². The number of benzene rings is 2. The third-order valence-corrected chi connectivity index (χ3v) is 4.69. The minimum Gasteiger partial charge on any atom is -0.490 e. The summed E-state index contributed by atoms with van der Waals surface area (Å²) in [6.07, 6.45) is 4.92. The Bertz CT molecular complexity index is 649. The summed E-state index contributed by atoms with van der Waals surface area (Å²) in [7, 11) is 0. The van der Waals surface area contributed by atoms with Crippen LogP contribution in [0.2, 0.25) is 5.02 Å². The van der Waals surface area contributed by atoms with Crippen LogP contribution in [0.25, 0.3) is 0 Å². The smallest absolute Gasteiger partial charge is 0.224 e. The zero-order valence-electron chi connectivity index (χ0n) is 13.6. The van der Waals surface area contributed by atoms with Gasteiger partial charge in [-0.25, -0.2) is 0 Å². The van der Waals surface area contributed by atoms with Crippen LogP contribution in [0.4, 0.5) is 5.69 Å². The van der Waals surface area contributed by atoms with Gasteiger partial charge in [-0.15, -0.1) is 0 Å². The average Bonchev–Trinajstić information content (AvgIpc) is 2.60. The van der Waals surface area contributed by atoms with Gasteiger partial charge in [0.25, 0.3) is 0 Å². The van der Waals surface area contributed by atoms with Gasteiger partial charge in [-0.05, 0) is 68.0 Å². The molecule has 1 aliphatic rings. The molecule has 0 atom stereocenters. The summed E-state index contributed by atoms with van der Waals surface area (Å²) in [4.78, 5) is 12.2. The van der Waals surface area contributed by atoms with E-state index < -0.39 is 0 Å². The molecule has 1 N–H and O–H groups in total. The Hall–Kier alpha value is -2.00. The maximum atomic E-state index is 12.2. The predicted octanol–water partition coefficient (Wildman–Crippen LogP) is 5.31. The minimum atomic E-state index is 0.0738. The van der Waals surface area contributed by atoms with Crippen molar-refractivity contribution in [3.63, 3.8) is 0 Å². The van der Waals surface area contributed by atoms with Crippen molar-refractivity contribution in [3.05, 3.63) is 59.6 Å². The second-order valence-corrected chi connectivity index (χ2v) is 6.77. The molecule has 3 nitrogen and oxygen atoms in total. The summed E-state index contributed by atoms with van der Waals surface area (Å²) < 4.78 is 6.00. The number of para-hydroxylation sites is 1. The third-order valence-electron chi connectivity index (χ3n) is 4.44. The van der Waals surface area contributed by atoms with Crippen molar-refractivity contribution < 1.29 is 9.53 Å². The number of hydrogen-bond donors (Lipinski definition) is 1. The van der Waals surface area contributed by atoms with Gasteiger partial charge in [-0.3, -0.25) is 4.79 Å². The average molecular weight is 344 g/mol. The van der Waals surface area contributed by atoms with E-state index in [1.807, 2.05) is 42.5 Å². The summed E-state index contributed by atoms with van der Waals surface area (Å²) in [6, 6.07) is 17.2. The zero-order valence-corrected chi connectivity index (χ0v) is 14.3. The molecule has 1 aliphatic carbocycles. The first-order valence-corrected chi connectivity index (χ1v) is 8.84. The van der Waals surface area contributed by atoms with Crippen molar-refractivity contribution in [1.29, 1.82) is 0 Å². The molecule has 0 aliphatic heterocycles. The topological polar surface area (TPSA) is 38.3 Å². The molecule has 1 amide bonds. The van der Waals surface area contributed by atoms with Crippen LogP contribution in [-0.4, -0.2) is 12.0 Å². The van der Waals surface area contributed by atoms with Crippen molar-refractivity contribution >= 4 is 23.2 Å². The fraction of sp³-hybridized carbons (Fsp3) is 0.350. The first-order valence-electron chi connectivity index (χ1n) is 8.46. The van der Waals surface area contributed by atoms with Crippen molar-refractivity contribution in [2.75, 3.05) is 5.32 Å². The lowest BCUT2D eigenvalue weighted by Gasteiger charge is -2.28. The molecule has 0 bridgehead atoms. The fourth-order valence-electron chi connectivity index (χ4n) is 3.15. The Kier molecular flexibility index (Phi) is 5.76. The van der Waals surface area contributed by atoms with Crippen LogP contribution in [0.15, 0.2) is 54.6 Å². The van der Waals surface area contributed by atoms with Crippen LogP contribution in [-0.2, 0) is 4.79 Å². The molecular weight excluding hydrogens is 322 g/mol. The number of halogens is 1. The summed E-state index contributed by atoms with van der Waals surface area (Å²) in [5.41, 5.74) is 0.797. The normalized spacial score (nSPS) is 20.4. The SMILES string of the molecule is O=C(C[C@H]1CC[C@H](Oc2ccccc2)CC1)Nc1ccc(Cl)cc1. The molecular formula is C20H22ClNO2. The lowest BCUT2D eigenvalue weighted by atomic mass is 9.85. The molecule has 0 saturated heterocycles. The highest BCUT2D eigenvalue weighted by Crippen LogP contribution is 2.30. The maximum absolute atomic E-state index is 12.2. The lowest BCUT2D eigenvalue weighted by molar-refractivity contribution is -0.117. The van der Waals surface area contributed by atoms with E-state index in [0.717, 1.165) is 37.1 Å². The lowest BCUT2D eigenvalue weighted by Crippen LogP contribution is -2.26. The van der Waals surface area contributed by atoms with Gasteiger partial charge in [0.1, 0.15) is 5.75 Å².